The number of aromatic nitrogens is 1. The van der Waals surface area contributed by atoms with Gasteiger partial charge >= 0.3 is 0 Å². The zero-order valence-electron chi connectivity index (χ0n) is 19.9. The lowest BCUT2D eigenvalue weighted by molar-refractivity contribution is -0.132. The number of amides is 2. The van der Waals surface area contributed by atoms with Crippen LogP contribution in [-0.4, -0.2) is 41.0 Å². The molecular weight excluding hydrogens is 458 g/mol. The van der Waals surface area contributed by atoms with Crippen LogP contribution < -0.4 is 10.2 Å². The smallest absolute Gasteiger partial charge is 0.299 e. The molecule has 1 saturated heterocycles. The summed E-state index contributed by atoms with van der Waals surface area (Å²) in [6.45, 7) is 0. The van der Waals surface area contributed by atoms with Gasteiger partial charge in [0.2, 0.25) is 0 Å². The fraction of sp³-hybridized carbons (Fsp3) is 0.286. The molecule has 2 fully saturated rings. The van der Waals surface area contributed by atoms with Gasteiger partial charge in [-0.3, -0.25) is 19.3 Å². The molecule has 1 aliphatic heterocycles. The Morgan fingerprint density at radius 3 is 2.25 bits per heavy atom. The number of aliphatic hydroxyl groups excluding tert-OH is 1. The van der Waals surface area contributed by atoms with E-state index < -0.39 is 17.7 Å². The Kier molecular flexibility index (Phi) is 6.41. The number of Topliss-reactive ketones (excluding diaryl/α,β-unsaturated/α-hetero) is 1. The maximum Gasteiger partial charge on any atom is 0.299 e. The highest BCUT2D eigenvalue weighted by Gasteiger charge is 2.49. The van der Waals surface area contributed by atoms with Gasteiger partial charge in [-0.05, 0) is 43.0 Å². The molecule has 184 valence electrons. The van der Waals surface area contributed by atoms with Crippen molar-refractivity contribution in [3.63, 3.8) is 0 Å². The summed E-state index contributed by atoms with van der Waals surface area (Å²) in [5.41, 5.74) is 3.05. The van der Waals surface area contributed by atoms with E-state index in [1.165, 1.54) is 11.2 Å². The average molecular weight is 486 g/mol. The molecule has 8 heteroatoms. The van der Waals surface area contributed by atoms with Gasteiger partial charge in [0, 0.05) is 35.5 Å². The number of benzene rings is 2. The number of anilines is 1. The standard InChI is InChI=1S/C28H27N3O5/c1-29-27(34)20-9-7-19(8-10-20)25(32)23-24(18-5-3-2-4-6-18)31(28(35)26(23)33)21-13-11-17(12-14-21)22-15-16-36-30-22/h7-16,18,24,32H,2-6H2,1H3,(H,29,34)/b25-23-. The van der Waals surface area contributed by atoms with Crippen molar-refractivity contribution in [1.29, 1.82) is 0 Å². The molecule has 2 amide bonds. The van der Waals surface area contributed by atoms with E-state index >= 15 is 0 Å². The van der Waals surface area contributed by atoms with Gasteiger partial charge in [-0.25, -0.2) is 0 Å². The van der Waals surface area contributed by atoms with Gasteiger partial charge in [0.1, 0.15) is 17.7 Å². The van der Waals surface area contributed by atoms with E-state index in [0.717, 1.165) is 37.7 Å². The lowest BCUT2D eigenvalue weighted by Gasteiger charge is -2.34. The van der Waals surface area contributed by atoms with Crippen LogP contribution in [0.25, 0.3) is 17.0 Å². The lowest BCUT2D eigenvalue weighted by atomic mass is 9.80. The number of carbonyl (C=O) groups is 3. The number of carbonyl (C=O) groups excluding carboxylic acids is 3. The summed E-state index contributed by atoms with van der Waals surface area (Å²) in [6.07, 6.45) is 6.36. The first kappa shape index (κ1) is 23.5. The molecule has 2 heterocycles. The topological polar surface area (TPSA) is 113 Å². The second-order valence-corrected chi connectivity index (χ2v) is 9.20. The lowest BCUT2D eigenvalue weighted by Crippen LogP contribution is -2.40. The van der Waals surface area contributed by atoms with Gasteiger partial charge in [-0.1, -0.05) is 48.7 Å². The number of nitrogens with one attached hydrogen (secondary N) is 1. The Morgan fingerprint density at radius 2 is 1.64 bits per heavy atom. The van der Waals surface area contributed by atoms with Crippen molar-refractivity contribution in [2.75, 3.05) is 11.9 Å². The minimum absolute atomic E-state index is 0.0478. The first-order valence-electron chi connectivity index (χ1n) is 12.1. The molecule has 0 bridgehead atoms. The summed E-state index contributed by atoms with van der Waals surface area (Å²) in [6, 6.07) is 14.8. The summed E-state index contributed by atoms with van der Waals surface area (Å²) in [4.78, 5) is 40.1. The number of rotatable bonds is 5. The molecule has 2 aliphatic rings. The summed E-state index contributed by atoms with van der Waals surface area (Å²) in [5.74, 6) is -1.76. The van der Waals surface area contributed by atoms with Crippen LogP contribution in [0.15, 0.2) is 71.0 Å². The number of ketones is 1. The molecule has 5 rings (SSSR count). The van der Waals surface area contributed by atoms with Crippen LogP contribution >= 0.6 is 0 Å². The highest BCUT2D eigenvalue weighted by molar-refractivity contribution is 6.51. The van der Waals surface area contributed by atoms with Crippen LogP contribution in [0.2, 0.25) is 0 Å². The predicted octanol–water partition coefficient (Wildman–Crippen LogP) is 4.54. The Balaban J connectivity index is 1.56. The fourth-order valence-corrected chi connectivity index (χ4v) is 5.27. The quantitative estimate of drug-likeness (QED) is 0.312. The molecule has 8 nitrogen and oxygen atoms in total. The molecule has 1 aromatic heterocycles. The summed E-state index contributed by atoms with van der Waals surface area (Å²) < 4.78 is 4.92. The van der Waals surface area contributed by atoms with Crippen LogP contribution in [0.5, 0.6) is 0 Å². The van der Waals surface area contributed by atoms with Crippen molar-refractivity contribution < 1.29 is 24.0 Å². The van der Waals surface area contributed by atoms with E-state index in [4.69, 9.17) is 4.52 Å². The SMILES string of the molecule is CNC(=O)c1ccc(/C(O)=C2/C(=O)C(=O)N(c3ccc(-c4ccon4)cc3)C2C2CCCCC2)cc1. The van der Waals surface area contributed by atoms with E-state index in [2.05, 4.69) is 10.5 Å². The maximum atomic E-state index is 13.4. The van der Waals surface area contributed by atoms with Crippen LogP contribution in [0.3, 0.4) is 0 Å². The highest BCUT2D eigenvalue weighted by atomic mass is 16.5. The summed E-state index contributed by atoms with van der Waals surface area (Å²) in [5, 5.41) is 17.8. The van der Waals surface area contributed by atoms with Crippen molar-refractivity contribution in [2.45, 2.75) is 38.1 Å². The van der Waals surface area contributed by atoms with Crippen molar-refractivity contribution in [2.24, 2.45) is 5.92 Å². The molecule has 36 heavy (non-hydrogen) atoms. The molecule has 0 radical (unpaired) electrons. The first-order valence-corrected chi connectivity index (χ1v) is 12.1. The Labute approximate surface area is 208 Å². The Morgan fingerprint density at radius 1 is 0.972 bits per heavy atom. The average Bonchev–Trinajstić information content (AvgIpc) is 3.56. The van der Waals surface area contributed by atoms with Gasteiger partial charge in [0.15, 0.2) is 0 Å². The van der Waals surface area contributed by atoms with Gasteiger partial charge in [0.25, 0.3) is 17.6 Å². The van der Waals surface area contributed by atoms with E-state index in [0.29, 0.717) is 22.5 Å². The van der Waals surface area contributed by atoms with Gasteiger partial charge in [-0.2, -0.15) is 0 Å². The van der Waals surface area contributed by atoms with Crippen LogP contribution in [0, 0.1) is 5.92 Å². The molecule has 3 aromatic rings. The molecule has 1 unspecified atom stereocenters. The van der Waals surface area contributed by atoms with Crippen molar-refractivity contribution in [3.05, 3.63) is 77.6 Å². The Hall–Kier alpha value is -4.20. The van der Waals surface area contributed by atoms with E-state index in [1.54, 1.807) is 49.5 Å². The van der Waals surface area contributed by atoms with Crippen LogP contribution in [-0.2, 0) is 9.59 Å². The van der Waals surface area contributed by atoms with E-state index in [9.17, 15) is 19.5 Å². The Bertz CT molecular complexity index is 1300. The molecule has 1 saturated carbocycles. The van der Waals surface area contributed by atoms with Crippen molar-refractivity contribution >= 4 is 29.0 Å². The van der Waals surface area contributed by atoms with Gasteiger partial charge in [0.05, 0.1) is 11.6 Å². The summed E-state index contributed by atoms with van der Waals surface area (Å²) >= 11 is 0. The third kappa shape index (κ3) is 4.19. The normalized spacial score (nSPS) is 20.0. The molecule has 1 aliphatic carbocycles. The maximum absolute atomic E-state index is 13.4. The minimum atomic E-state index is -0.695. The van der Waals surface area contributed by atoms with E-state index in [1.807, 2.05) is 12.1 Å². The molecular formula is C28H27N3O5. The number of hydrogen-bond donors (Lipinski definition) is 2. The largest absolute Gasteiger partial charge is 0.507 e. The number of hydrogen-bond acceptors (Lipinski definition) is 6. The second-order valence-electron chi connectivity index (χ2n) is 9.20. The monoisotopic (exact) mass is 485 g/mol. The van der Waals surface area contributed by atoms with Crippen LogP contribution in [0.4, 0.5) is 5.69 Å². The number of aliphatic hydroxyl groups is 1. The zero-order chi connectivity index (χ0) is 25.2. The predicted molar refractivity (Wildman–Crippen MR) is 134 cm³/mol. The molecule has 2 N–H and O–H groups in total. The minimum Gasteiger partial charge on any atom is -0.507 e. The third-order valence-corrected chi connectivity index (χ3v) is 7.11. The fourth-order valence-electron chi connectivity index (χ4n) is 5.27. The third-order valence-electron chi connectivity index (χ3n) is 7.11. The molecule has 1 atom stereocenters. The van der Waals surface area contributed by atoms with Gasteiger partial charge in [-0.15, -0.1) is 0 Å². The summed E-state index contributed by atoms with van der Waals surface area (Å²) in [7, 11) is 1.54. The molecule has 2 aromatic carbocycles. The van der Waals surface area contributed by atoms with E-state index in [-0.39, 0.29) is 23.2 Å². The van der Waals surface area contributed by atoms with Crippen molar-refractivity contribution in [3.8, 4) is 11.3 Å². The first-order chi connectivity index (χ1) is 17.5. The second kappa shape index (κ2) is 9.81. The molecule has 0 spiro atoms. The highest BCUT2D eigenvalue weighted by Crippen LogP contribution is 2.41. The van der Waals surface area contributed by atoms with Crippen molar-refractivity contribution in [1.82, 2.24) is 10.5 Å². The van der Waals surface area contributed by atoms with Crippen LogP contribution in [0.1, 0.15) is 48.0 Å². The van der Waals surface area contributed by atoms with Gasteiger partial charge < -0.3 is 14.9 Å². The number of nitrogens with zero attached hydrogens (tertiary/aromatic N) is 2. The zero-order valence-corrected chi connectivity index (χ0v) is 19.9.